The zero-order valence-corrected chi connectivity index (χ0v) is 16.2. The van der Waals surface area contributed by atoms with E-state index in [2.05, 4.69) is 49.8 Å². The van der Waals surface area contributed by atoms with E-state index in [4.69, 9.17) is 4.74 Å². The number of hydrogen-bond acceptors (Lipinski definition) is 2. The molecule has 1 unspecified atom stereocenters. The molecular weight excluding hydrogens is 306 g/mol. The third-order valence-electron chi connectivity index (χ3n) is 4.47. The molecule has 4 heteroatoms. The molecule has 23 heavy (non-hydrogen) atoms. The Balaban J connectivity index is 2.41. The maximum Gasteiger partial charge on any atom is 0.0978 e. The lowest BCUT2D eigenvalue weighted by molar-refractivity contribution is 0.0462. The van der Waals surface area contributed by atoms with Crippen molar-refractivity contribution in [3.8, 4) is 0 Å². The van der Waals surface area contributed by atoms with Gasteiger partial charge in [-0.3, -0.25) is 0 Å². The largest absolute Gasteiger partial charge is 0.381 e. The van der Waals surface area contributed by atoms with Gasteiger partial charge < -0.3 is 4.74 Å². The summed E-state index contributed by atoms with van der Waals surface area (Å²) >= 11 is 0. The minimum atomic E-state index is -1.11. The first-order valence-electron chi connectivity index (χ1n) is 8.43. The highest BCUT2D eigenvalue weighted by atomic mass is 32.2. The fourth-order valence-corrected chi connectivity index (χ4v) is 3.77. The average molecular weight is 338 g/mol. The fourth-order valence-electron chi connectivity index (χ4n) is 2.78. The highest BCUT2D eigenvalue weighted by Crippen LogP contribution is 2.35. The molecule has 0 aromatic heterocycles. The predicted octanol–water partition coefficient (Wildman–Crippen LogP) is 4.04. The normalized spacial score (nSPS) is 20.3. The predicted molar refractivity (Wildman–Crippen MR) is 97.9 cm³/mol. The number of nitrogens with one attached hydrogen (secondary N) is 1. The SMILES string of the molecule is CC(C)(C)c1cccc(C2(NS(=O)C(C)(C)C)CCOCC2)c1. The van der Waals surface area contributed by atoms with E-state index in [-0.39, 0.29) is 15.7 Å². The fraction of sp³-hybridized carbons (Fsp3) is 0.684. The van der Waals surface area contributed by atoms with Gasteiger partial charge in [-0.25, -0.2) is 8.93 Å². The van der Waals surface area contributed by atoms with Gasteiger partial charge in [-0.05, 0) is 50.2 Å². The zero-order chi connectivity index (χ0) is 17.3. The average Bonchev–Trinajstić information content (AvgIpc) is 2.46. The van der Waals surface area contributed by atoms with Crippen LogP contribution in [0.1, 0.15) is 65.5 Å². The van der Waals surface area contributed by atoms with Gasteiger partial charge in [0.05, 0.1) is 21.3 Å². The highest BCUT2D eigenvalue weighted by molar-refractivity contribution is 7.84. The molecule has 0 radical (unpaired) electrons. The molecule has 0 amide bonds. The summed E-state index contributed by atoms with van der Waals surface area (Å²) in [5.41, 5.74) is 2.37. The molecule has 130 valence electrons. The molecule has 0 bridgehead atoms. The van der Waals surface area contributed by atoms with Crippen molar-refractivity contribution in [2.24, 2.45) is 0 Å². The molecule has 1 aliphatic heterocycles. The van der Waals surface area contributed by atoms with Crippen molar-refractivity contribution in [2.75, 3.05) is 13.2 Å². The molecule has 1 heterocycles. The summed E-state index contributed by atoms with van der Waals surface area (Å²) in [6, 6.07) is 8.73. The monoisotopic (exact) mass is 337 g/mol. The van der Waals surface area contributed by atoms with E-state index in [9.17, 15) is 4.21 Å². The Hall–Kier alpha value is -0.710. The van der Waals surface area contributed by atoms with Crippen LogP contribution in [-0.4, -0.2) is 22.2 Å². The Morgan fingerprint density at radius 1 is 1.09 bits per heavy atom. The van der Waals surface area contributed by atoms with E-state index < -0.39 is 11.0 Å². The van der Waals surface area contributed by atoms with Crippen LogP contribution in [0.3, 0.4) is 0 Å². The Morgan fingerprint density at radius 3 is 2.22 bits per heavy atom. The molecule has 1 aliphatic rings. The second-order valence-electron chi connectivity index (χ2n) is 8.51. The summed E-state index contributed by atoms with van der Waals surface area (Å²) in [7, 11) is -1.11. The molecule has 2 rings (SSSR count). The van der Waals surface area contributed by atoms with Gasteiger partial charge in [-0.2, -0.15) is 0 Å². The number of hydrogen-bond donors (Lipinski definition) is 1. The van der Waals surface area contributed by atoms with Crippen molar-refractivity contribution in [2.45, 2.75) is 70.1 Å². The summed E-state index contributed by atoms with van der Waals surface area (Å²) < 4.78 is 21.5. The first-order valence-corrected chi connectivity index (χ1v) is 9.58. The van der Waals surface area contributed by atoms with E-state index in [1.54, 1.807) is 0 Å². The van der Waals surface area contributed by atoms with Crippen molar-refractivity contribution in [3.05, 3.63) is 35.4 Å². The van der Waals surface area contributed by atoms with Crippen LogP contribution in [0, 0.1) is 0 Å². The minimum Gasteiger partial charge on any atom is -0.381 e. The summed E-state index contributed by atoms with van der Waals surface area (Å²) in [6.45, 7) is 14.1. The van der Waals surface area contributed by atoms with Crippen LogP contribution in [-0.2, 0) is 26.7 Å². The maximum absolute atomic E-state index is 12.8. The van der Waals surface area contributed by atoms with Crippen LogP contribution >= 0.6 is 0 Å². The summed E-state index contributed by atoms with van der Waals surface area (Å²) in [5, 5.41) is 0. The van der Waals surface area contributed by atoms with E-state index in [1.165, 1.54) is 11.1 Å². The van der Waals surface area contributed by atoms with E-state index in [0.29, 0.717) is 13.2 Å². The number of ether oxygens (including phenoxy) is 1. The molecule has 3 nitrogen and oxygen atoms in total. The Morgan fingerprint density at radius 2 is 1.70 bits per heavy atom. The summed E-state index contributed by atoms with van der Waals surface area (Å²) in [6.07, 6.45) is 1.70. The van der Waals surface area contributed by atoms with Crippen molar-refractivity contribution in [1.82, 2.24) is 4.72 Å². The van der Waals surface area contributed by atoms with Gasteiger partial charge in [0.2, 0.25) is 0 Å². The second kappa shape index (κ2) is 6.66. The molecule has 0 spiro atoms. The number of rotatable bonds is 3. The molecule has 1 N–H and O–H groups in total. The summed E-state index contributed by atoms with van der Waals surface area (Å²) in [4.78, 5) is 0. The van der Waals surface area contributed by atoms with Crippen LogP contribution in [0.15, 0.2) is 24.3 Å². The second-order valence-corrected chi connectivity index (χ2v) is 10.5. The molecule has 1 fully saturated rings. The minimum absolute atomic E-state index is 0.103. The zero-order valence-electron chi connectivity index (χ0n) is 15.4. The van der Waals surface area contributed by atoms with Gasteiger partial charge in [0.25, 0.3) is 0 Å². The van der Waals surface area contributed by atoms with Crippen LogP contribution in [0.25, 0.3) is 0 Å². The van der Waals surface area contributed by atoms with Gasteiger partial charge >= 0.3 is 0 Å². The molecular formula is C19H31NO2S. The maximum atomic E-state index is 12.8. The molecule has 0 aliphatic carbocycles. The summed E-state index contributed by atoms with van der Waals surface area (Å²) in [5.74, 6) is 0. The Labute approximate surface area is 143 Å². The van der Waals surface area contributed by atoms with Crippen molar-refractivity contribution >= 4 is 11.0 Å². The molecule has 1 atom stereocenters. The third kappa shape index (κ3) is 4.43. The van der Waals surface area contributed by atoms with Crippen LogP contribution < -0.4 is 4.72 Å². The topological polar surface area (TPSA) is 38.3 Å². The van der Waals surface area contributed by atoms with Crippen LogP contribution in [0.4, 0.5) is 0 Å². The number of benzene rings is 1. The smallest absolute Gasteiger partial charge is 0.0978 e. The first-order chi connectivity index (χ1) is 10.5. The van der Waals surface area contributed by atoms with E-state index in [0.717, 1.165) is 12.8 Å². The third-order valence-corrected chi connectivity index (χ3v) is 6.16. The van der Waals surface area contributed by atoms with Gasteiger partial charge in [-0.15, -0.1) is 0 Å². The molecule has 0 saturated carbocycles. The Kier molecular flexibility index (Phi) is 5.39. The van der Waals surface area contributed by atoms with Crippen LogP contribution in [0.2, 0.25) is 0 Å². The lowest BCUT2D eigenvalue weighted by atomic mass is 9.79. The van der Waals surface area contributed by atoms with Crippen molar-refractivity contribution in [3.63, 3.8) is 0 Å². The van der Waals surface area contributed by atoms with Gasteiger partial charge in [-0.1, -0.05) is 45.0 Å². The van der Waals surface area contributed by atoms with Gasteiger partial charge in [0.15, 0.2) is 0 Å². The highest BCUT2D eigenvalue weighted by Gasteiger charge is 2.38. The lowest BCUT2D eigenvalue weighted by Crippen LogP contribution is -2.51. The van der Waals surface area contributed by atoms with Crippen molar-refractivity contribution in [1.29, 1.82) is 0 Å². The van der Waals surface area contributed by atoms with Crippen LogP contribution in [0.5, 0.6) is 0 Å². The van der Waals surface area contributed by atoms with Crippen molar-refractivity contribution < 1.29 is 8.95 Å². The van der Waals surface area contributed by atoms with Gasteiger partial charge in [0, 0.05) is 13.2 Å². The van der Waals surface area contributed by atoms with E-state index in [1.807, 2.05) is 20.8 Å². The molecule has 1 aromatic carbocycles. The lowest BCUT2D eigenvalue weighted by Gasteiger charge is -2.40. The quantitative estimate of drug-likeness (QED) is 0.904. The first kappa shape index (κ1) is 18.6. The van der Waals surface area contributed by atoms with E-state index >= 15 is 0 Å². The Bertz CT molecular complexity index is 563. The molecule has 1 saturated heterocycles. The molecule has 1 aromatic rings. The van der Waals surface area contributed by atoms with Gasteiger partial charge in [0.1, 0.15) is 0 Å². The standard InChI is InChI=1S/C19H31NO2S/c1-17(2,3)15-8-7-9-16(14-15)19(10-12-22-13-11-19)20-23(21)18(4,5)6/h7-9,14,20H,10-13H2,1-6H3.